The van der Waals surface area contributed by atoms with Crippen molar-refractivity contribution in [3.8, 4) is 0 Å². The lowest BCUT2D eigenvalue weighted by Gasteiger charge is -2.23. The lowest BCUT2D eigenvalue weighted by atomic mass is 9.92. The average molecular weight is 242 g/mol. The van der Waals surface area contributed by atoms with Crippen LogP contribution in [0.1, 0.15) is 36.0 Å². The van der Waals surface area contributed by atoms with Crippen molar-refractivity contribution in [2.45, 2.75) is 37.8 Å². The van der Waals surface area contributed by atoms with Gasteiger partial charge in [0.25, 0.3) is 0 Å². The summed E-state index contributed by atoms with van der Waals surface area (Å²) in [4.78, 5) is 12.0. The molecule has 0 bridgehead atoms. The van der Waals surface area contributed by atoms with Crippen molar-refractivity contribution in [1.82, 2.24) is 10.6 Å². The molecule has 1 aromatic rings. The first-order valence-corrected chi connectivity index (χ1v) is 6.67. The van der Waals surface area contributed by atoms with Gasteiger partial charge in [-0.2, -0.15) is 0 Å². The summed E-state index contributed by atoms with van der Waals surface area (Å²) in [5.74, 6) is 0.949. The quantitative estimate of drug-likeness (QED) is 0.617. The van der Waals surface area contributed by atoms with Crippen LogP contribution in [0.5, 0.6) is 0 Å². The average Bonchev–Trinajstić information content (AvgIpc) is 2.82. The SMILES string of the molecule is O=C(C=C1N[C@H]2CCCC[C@@H]2N1)c1ccccc1. The van der Waals surface area contributed by atoms with Gasteiger partial charge in [0, 0.05) is 23.7 Å². The highest BCUT2D eigenvalue weighted by molar-refractivity contribution is 6.04. The predicted octanol–water partition coefficient (Wildman–Crippen LogP) is 2.21. The maximum Gasteiger partial charge on any atom is 0.189 e. The monoisotopic (exact) mass is 242 g/mol. The van der Waals surface area contributed by atoms with Gasteiger partial charge >= 0.3 is 0 Å². The number of hydrogen-bond donors (Lipinski definition) is 2. The Bertz CT molecular complexity index is 451. The van der Waals surface area contributed by atoms with E-state index in [1.54, 1.807) is 6.08 Å². The molecule has 0 radical (unpaired) electrons. The fraction of sp³-hybridized carbons (Fsp3) is 0.400. The Morgan fingerprint density at radius 1 is 1.06 bits per heavy atom. The molecule has 3 heteroatoms. The van der Waals surface area contributed by atoms with Gasteiger partial charge in [0.1, 0.15) is 5.82 Å². The number of benzene rings is 1. The van der Waals surface area contributed by atoms with E-state index < -0.39 is 0 Å². The normalized spacial score (nSPS) is 25.9. The Balaban J connectivity index is 1.72. The van der Waals surface area contributed by atoms with E-state index in [1.165, 1.54) is 25.7 Å². The zero-order valence-corrected chi connectivity index (χ0v) is 10.4. The topological polar surface area (TPSA) is 41.1 Å². The maximum atomic E-state index is 12.0. The van der Waals surface area contributed by atoms with Gasteiger partial charge < -0.3 is 10.6 Å². The molecule has 3 nitrogen and oxygen atoms in total. The number of carbonyl (C=O) groups is 1. The van der Waals surface area contributed by atoms with Gasteiger partial charge in [-0.15, -0.1) is 0 Å². The molecule has 0 unspecified atom stereocenters. The second-order valence-electron chi connectivity index (χ2n) is 5.07. The van der Waals surface area contributed by atoms with Crippen molar-refractivity contribution in [2.75, 3.05) is 0 Å². The highest BCUT2D eigenvalue weighted by atomic mass is 16.1. The third-order valence-electron chi connectivity index (χ3n) is 3.78. The second-order valence-corrected chi connectivity index (χ2v) is 5.07. The molecule has 0 spiro atoms. The van der Waals surface area contributed by atoms with Crippen LogP contribution < -0.4 is 10.6 Å². The molecule has 1 saturated carbocycles. The van der Waals surface area contributed by atoms with Gasteiger partial charge in [-0.3, -0.25) is 4.79 Å². The van der Waals surface area contributed by atoms with Crippen LogP contribution in [0.15, 0.2) is 42.2 Å². The summed E-state index contributed by atoms with van der Waals surface area (Å²) < 4.78 is 0. The molecule has 1 heterocycles. The molecule has 3 rings (SSSR count). The minimum Gasteiger partial charge on any atom is -0.367 e. The van der Waals surface area contributed by atoms with Gasteiger partial charge in [-0.1, -0.05) is 43.2 Å². The number of ketones is 1. The van der Waals surface area contributed by atoms with Crippen LogP contribution >= 0.6 is 0 Å². The number of fused-ring (bicyclic) bond motifs is 1. The largest absolute Gasteiger partial charge is 0.367 e. The standard InChI is InChI=1S/C15H18N2O/c18-14(11-6-2-1-3-7-11)10-15-16-12-8-4-5-9-13(12)17-15/h1-3,6-7,10,12-13,16-17H,4-5,8-9H2/t12-,13-/m0/s1. The summed E-state index contributed by atoms with van der Waals surface area (Å²) in [7, 11) is 0. The first-order valence-electron chi connectivity index (χ1n) is 6.67. The van der Waals surface area contributed by atoms with E-state index in [2.05, 4.69) is 10.6 Å². The molecule has 2 N–H and O–H groups in total. The first kappa shape index (κ1) is 11.3. The van der Waals surface area contributed by atoms with E-state index in [9.17, 15) is 4.79 Å². The fourth-order valence-corrected chi connectivity index (χ4v) is 2.82. The van der Waals surface area contributed by atoms with Gasteiger partial charge in [-0.25, -0.2) is 0 Å². The van der Waals surface area contributed by atoms with E-state index >= 15 is 0 Å². The van der Waals surface area contributed by atoms with E-state index in [-0.39, 0.29) is 5.78 Å². The molecule has 1 aromatic carbocycles. The predicted molar refractivity (Wildman–Crippen MR) is 71.2 cm³/mol. The highest BCUT2D eigenvalue weighted by Crippen LogP contribution is 2.23. The first-order chi connectivity index (χ1) is 8.83. The summed E-state index contributed by atoms with van der Waals surface area (Å²) in [5, 5.41) is 6.85. The Hall–Kier alpha value is -1.77. The van der Waals surface area contributed by atoms with Gasteiger partial charge in [-0.05, 0) is 12.8 Å². The van der Waals surface area contributed by atoms with Crippen molar-refractivity contribution >= 4 is 5.78 Å². The number of hydrogen-bond acceptors (Lipinski definition) is 3. The van der Waals surface area contributed by atoms with Crippen LogP contribution in [-0.4, -0.2) is 17.9 Å². The smallest absolute Gasteiger partial charge is 0.189 e. The van der Waals surface area contributed by atoms with Crippen LogP contribution in [0.2, 0.25) is 0 Å². The molecule has 1 aliphatic heterocycles. The zero-order valence-electron chi connectivity index (χ0n) is 10.4. The molecule has 0 amide bonds. The van der Waals surface area contributed by atoms with Crippen molar-refractivity contribution < 1.29 is 4.79 Å². The maximum absolute atomic E-state index is 12.0. The van der Waals surface area contributed by atoms with Crippen LogP contribution in [0.4, 0.5) is 0 Å². The van der Waals surface area contributed by atoms with Gasteiger partial charge in [0.05, 0.1) is 0 Å². The molecule has 1 aliphatic carbocycles. The summed E-state index contributed by atoms with van der Waals surface area (Å²) in [6.07, 6.45) is 6.67. The Kier molecular flexibility index (Phi) is 3.05. The fourth-order valence-electron chi connectivity index (χ4n) is 2.82. The summed E-state index contributed by atoms with van der Waals surface area (Å²) in [6, 6.07) is 10.4. The molecule has 2 atom stereocenters. The second kappa shape index (κ2) is 4.84. The lowest BCUT2D eigenvalue weighted by Crippen LogP contribution is -2.36. The van der Waals surface area contributed by atoms with Crippen molar-refractivity contribution in [1.29, 1.82) is 0 Å². The number of nitrogens with one attached hydrogen (secondary N) is 2. The molecule has 1 saturated heterocycles. The molecule has 94 valence electrons. The zero-order chi connectivity index (χ0) is 12.4. The summed E-state index contributed by atoms with van der Waals surface area (Å²) in [5.41, 5.74) is 0.739. The molecule has 0 aromatic heterocycles. The van der Waals surface area contributed by atoms with Crippen molar-refractivity contribution in [2.24, 2.45) is 0 Å². The highest BCUT2D eigenvalue weighted by Gasteiger charge is 2.31. The third-order valence-corrected chi connectivity index (χ3v) is 3.78. The summed E-state index contributed by atoms with van der Waals surface area (Å²) >= 11 is 0. The van der Waals surface area contributed by atoms with Crippen molar-refractivity contribution in [3.05, 3.63) is 47.8 Å². The van der Waals surface area contributed by atoms with Gasteiger partial charge in [0.15, 0.2) is 5.78 Å². The summed E-state index contributed by atoms with van der Waals surface area (Å²) in [6.45, 7) is 0. The van der Waals surface area contributed by atoms with E-state index in [4.69, 9.17) is 0 Å². The number of allylic oxidation sites excluding steroid dienone is 1. The molecular formula is C15H18N2O. The van der Waals surface area contributed by atoms with E-state index in [1.807, 2.05) is 30.3 Å². The number of rotatable bonds is 2. The Labute approximate surface area is 107 Å². The van der Waals surface area contributed by atoms with Crippen LogP contribution in [0, 0.1) is 0 Å². The van der Waals surface area contributed by atoms with Crippen LogP contribution in [0.3, 0.4) is 0 Å². The van der Waals surface area contributed by atoms with Crippen molar-refractivity contribution in [3.63, 3.8) is 0 Å². The lowest BCUT2D eigenvalue weighted by molar-refractivity contribution is 0.104. The number of carbonyl (C=O) groups excluding carboxylic acids is 1. The van der Waals surface area contributed by atoms with Gasteiger partial charge in [0.2, 0.25) is 0 Å². The van der Waals surface area contributed by atoms with Crippen LogP contribution in [-0.2, 0) is 0 Å². The van der Waals surface area contributed by atoms with E-state index in [0.29, 0.717) is 12.1 Å². The molecule has 2 fully saturated rings. The molecule has 2 aliphatic rings. The third kappa shape index (κ3) is 2.26. The van der Waals surface area contributed by atoms with Crippen LogP contribution in [0.25, 0.3) is 0 Å². The minimum absolute atomic E-state index is 0.0595. The molecule has 18 heavy (non-hydrogen) atoms. The van der Waals surface area contributed by atoms with E-state index in [0.717, 1.165) is 11.4 Å². The Morgan fingerprint density at radius 2 is 1.67 bits per heavy atom. The molecular weight excluding hydrogens is 224 g/mol. The Morgan fingerprint density at radius 3 is 2.28 bits per heavy atom. The minimum atomic E-state index is 0.0595.